The highest BCUT2D eigenvalue weighted by molar-refractivity contribution is 5.41. The molecule has 0 aliphatic heterocycles. The molecule has 0 saturated heterocycles. The van der Waals surface area contributed by atoms with E-state index in [0.717, 1.165) is 11.5 Å². The number of aliphatic hydroxyl groups is 2. The minimum absolute atomic E-state index is 0.0139. The van der Waals surface area contributed by atoms with Crippen LogP contribution in [0.15, 0.2) is 48.5 Å². The van der Waals surface area contributed by atoms with Crippen LogP contribution in [0.5, 0.6) is 11.5 Å². The summed E-state index contributed by atoms with van der Waals surface area (Å²) in [5.74, 6) is 1.58. The Balaban J connectivity index is 2.08. The monoisotopic (exact) mass is 330 g/mol. The molecule has 130 valence electrons. The van der Waals surface area contributed by atoms with Gasteiger partial charge in [0.15, 0.2) is 0 Å². The lowest BCUT2D eigenvalue weighted by Gasteiger charge is -2.26. The molecule has 2 aromatic rings. The molecule has 0 aromatic heterocycles. The van der Waals surface area contributed by atoms with E-state index in [2.05, 4.69) is 38.1 Å². The summed E-state index contributed by atoms with van der Waals surface area (Å²) in [7, 11) is 0. The summed E-state index contributed by atoms with van der Waals surface area (Å²) in [5.41, 5.74) is 2.24. The van der Waals surface area contributed by atoms with E-state index in [1.165, 1.54) is 11.1 Å². The van der Waals surface area contributed by atoms with Crippen LogP contribution in [0.3, 0.4) is 0 Å². The minimum atomic E-state index is -0.140. The SMILES string of the molecule is CC(C)(c1ccc(OCCO)cc1)c1ccc(OCCCO)cc1. The first kappa shape index (κ1) is 18.3. The van der Waals surface area contributed by atoms with Gasteiger partial charge < -0.3 is 19.7 Å². The molecule has 0 fully saturated rings. The number of aliphatic hydroxyl groups excluding tert-OH is 2. The predicted molar refractivity (Wildman–Crippen MR) is 94.8 cm³/mol. The molecule has 0 aliphatic rings. The van der Waals surface area contributed by atoms with Crippen LogP contribution in [0.2, 0.25) is 0 Å². The number of ether oxygens (including phenoxy) is 2. The molecule has 0 radical (unpaired) electrons. The molecule has 0 heterocycles. The van der Waals surface area contributed by atoms with Gasteiger partial charge in [-0.15, -0.1) is 0 Å². The smallest absolute Gasteiger partial charge is 0.119 e. The maximum atomic E-state index is 8.80. The number of rotatable bonds is 9. The molecule has 2 rings (SSSR count). The van der Waals surface area contributed by atoms with Crippen molar-refractivity contribution in [2.75, 3.05) is 26.4 Å². The van der Waals surface area contributed by atoms with Crippen LogP contribution in [-0.2, 0) is 5.41 Å². The molecule has 4 nitrogen and oxygen atoms in total. The highest BCUT2D eigenvalue weighted by Crippen LogP contribution is 2.33. The molecule has 0 atom stereocenters. The molecular weight excluding hydrogens is 304 g/mol. The van der Waals surface area contributed by atoms with E-state index in [4.69, 9.17) is 19.7 Å². The Morgan fingerprint density at radius 3 is 1.58 bits per heavy atom. The van der Waals surface area contributed by atoms with Crippen molar-refractivity contribution in [3.8, 4) is 11.5 Å². The second kappa shape index (κ2) is 8.71. The van der Waals surface area contributed by atoms with Gasteiger partial charge in [0.2, 0.25) is 0 Å². The van der Waals surface area contributed by atoms with Crippen molar-refractivity contribution in [2.24, 2.45) is 0 Å². The first-order chi connectivity index (χ1) is 11.6. The van der Waals surface area contributed by atoms with E-state index in [-0.39, 0.29) is 18.6 Å². The lowest BCUT2D eigenvalue weighted by molar-refractivity contribution is 0.201. The summed E-state index contributed by atoms with van der Waals surface area (Å²) in [4.78, 5) is 0. The first-order valence-electron chi connectivity index (χ1n) is 8.26. The summed E-state index contributed by atoms with van der Waals surface area (Å²) in [6.45, 7) is 5.34. The second-order valence-electron chi connectivity index (χ2n) is 6.17. The van der Waals surface area contributed by atoms with Crippen LogP contribution >= 0.6 is 0 Å². The maximum Gasteiger partial charge on any atom is 0.119 e. The van der Waals surface area contributed by atoms with Crippen LogP contribution in [0.4, 0.5) is 0 Å². The number of hydrogen-bond acceptors (Lipinski definition) is 4. The largest absolute Gasteiger partial charge is 0.494 e. The van der Waals surface area contributed by atoms with Crippen molar-refractivity contribution in [3.63, 3.8) is 0 Å². The fourth-order valence-electron chi connectivity index (χ4n) is 2.52. The third-order valence-electron chi connectivity index (χ3n) is 4.08. The third-order valence-corrected chi connectivity index (χ3v) is 4.08. The molecule has 24 heavy (non-hydrogen) atoms. The van der Waals surface area contributed by atoms with Gasteiger partial charge in [0.25, 0.3) is 0 Å². The van der Waals surface area contributed by atoms with Gasteiger partial charge in [-0.05, 0) is 35.4 Å². The van der Waals surface area contributed by atoms with Gasteiger partial charge in [-0.2, -0.15) is 0 Å². The van der Waals surface area contributed by atoms with Crippen LogP contribution < -0.4 is 9.47 Å². The average Bonchev–Trinajstić information content (AvgIpc) is 2.61. The zero-order chi connectivity index (χ0) is 17.4. The maximum absolute atomic E-state index is 8.80. The summed E-state index contributed by atoms with van der Waals surface area (Å²) in [6.07, 6.45) is 0.637. The lowest BCUT2D eigenvalue weighted by atomic mass is 9.78. The Bertz CT molecular complexity index is 603. The minimum Gasteiger partial charge on any atom is -0.494 e. The molecular formula is C20H26O4. The van der Waals surface area contributed by atoms with Crippen molar-refractivity contribution in [3.05, 3.63) is 59.7 Å². The highest BCUT2D eigenvalue weighted by atomic mass is 16.5. The Hall–Kier alpha value is -2.04. The van der Waals surface area contributed by atoms with Gasteiger partial charge in [-0.3, -0.25) is 0 Å². The highest BCUT2D eigenvalue weighted by Gasteiger charge is 2.23. The van der Waals surface area contributed by atoms with Crippen LogP contribution in [-0.4, -0.2) is 36.6 Å². The fraction of sp³-hybridized carbons (Fsp3) is 0.400. The molecule has 2 aromatic carbocycles. The molecule has 0 amide bonds. The van der Waals surface area contributed by atoms with E-state index in [9.17, 15) is 0 Å². The second-order valence-corrected chi connectivity index (χ2v) is 6.17. The Morgan fingerprint density at radius 2 is 1.17 bits per heavy atom. The van der Waals surface area contributed by atoms with Gasteiger partial charge in [0.05, 0.1) is 13.2 Å². The van der Waals surface area contributed by atoms with Gasteiger partial charge in [0.1, 0.15) is 18.1 Å². The van der Waals surface area contributed by atoms with Gasteiger partial charge in [-0.25, -0.2) is 0 Å². The van der Waals surface area contributed by atoms with Crippen molar-refractivity contribution in [1.82, 2.24) is 0 Å². The Labute approximate surface area is 143 Å². The predicted octanol–water partition coefficient (Wildman–Crippen LogP) is 3.14. The molecule has 0 bridgehead atoms. The molecule has 0 spiro atoms. The van der Waals surface area contributed by atoms with E-state index >= 15 is 0 Å². The van der Waals surface area contributed by atoms with E-state index < -0.39 is 0 Å². The molecule has 0 aliphatic carbocycles. The van der Waals surface area contributed by atoms with Crippen LogP contribution in [0.25, 0.3) is 0 Å². The van der Waals surface area contributed by atoms with Crippen LogP contribution in [0.1, 0.15) is 31.4 Å². The number of benzene rings is 2. The number of hydrogen-bond donors (Lipinski definition) is 2. The quantitative estimate of drug-likeness (QED) is 0.694. The lowest BCUT2D eigenvalue weighted by Crippen LogP contribution is -2.18. The molecule has 4 heteroatoms. The molecule has 2 N–H and O–H groups in total. The summed E-state index contributed by atoms with van der Waals surface area (Å²) >= 11 is 0. The fourth-order valence-corrected chi connectivity index (χ4v) is 2.52. The first-order valence-corrected chi connectivity index (χ1v) is 8.26. The zero-order valence-corrected chi connectivity index (χ0v) is 14.4. The molecule has 0 unspecified atom stereocenters. The summed E-state index contributed by atoms with van der Waals surface area (Å²) in [6, 6.07) is 16.0. The van der Waals surface area contributed by atoms with Crippen LogP contribution in [0, 0.1) is 0 Å². The normalized spacial score (nSPS) is 11.3. The van der Waals surface area contributed by atoms with Gasteiger partial charge >= 0.3 is 0 Å². The molecule has 0 saturated carbocycles. The van der Waals surface area contributed by atoms with E-state index in [1.807, 2.05) is 24.3 Å². The Kier molecular flexibility index (Phi) is 6.64. The van der Waals surface area contributed by atoms with Crippen molar-refractivity contribution >= 4 is 0 Å². The van der Waals surface area contributed by atoms with Gasteiger partial charge in [-0.1, -0.05) is 38.1 Å². The van der Waals surface area contributed by atoms with Crippen molar-refractivity contribution < 1.29 is 19.7 Å². The van der Waals surface area contributed by atoms with Crippen molar-refractivity contribution in [2.45, 2.75) is 25.7 Å². The Morgan fingerprint density at radius 1 is 0.708 bits per heavy atom. The zero-order valence-electron chi connectivity index (χ0n) is 14.4. The standard InChI is InChI=1S/C20H26O4/c1-20(2,17-6-10-19(11-7-17)24-15-13-22)16-4-8-18(9-5-16)23-14-3-12-21/h4-11,21-22H,3,12-15H2,1-2H3. The summed E-state index contributed by atoms with van der Waals surface area (Å²) in [5, 5.41) is 17.6. The third kappa shape index (κ3) is 4.73. The van der Waals surface area contributed by atoms with E-state index in [0.29, 0.717) is 19.6 Å². The average molecular weight is 330 g/mol. The van der Waals surface area contributed by atoms with Gasteiger partial charge in [0, 0.05) is 18.4 Å². The van der Waals surface area contributed by atoms with E-state index in [1.54, 1.807) is 0 Å². The van der Waals surface area contributed by atoms with Crippen molar-refractivity contribution in [1.29, 1.82) is 0 Å². The summed E-state index contributed by atoms with van der Waals surface area (Å²) < 4.78 is 11.0. The topological polar surface area (TPSA) is 58.9 Å².